The van der Waals surface area contributed by atoms with Crippen LogP contribution in [0.3, 0.4) is 0 Å². The average molecular weight is 396 g/mol. The van der Waals surface area contributed by atoms with Crippen molar-refractivity contribution in [3.8, 4) is 11.1 Å². The first-order valence-corrected chi connectivity index (χ1v) is 10.1. The molecule has 3 nitrogen and oxygen atoms in total. The van der Waals surface area contributed by atoms with Gasteiger partial charge in [-0.3, -0.25) is 4.79 Å². The van der Waals surface area contributed by atoms with E-state index in [2.05, 4.69) is 34.1 Å². The van der Waals surface area contributed by atoms with E-state index in [-0.39, 0.29) is 17.4 Å². The van der Waals surface area contributed by atoms with Crippen molar-refractivity contribution in [1.82, 2.24) is 4.98 Å². The molecule has 1 aromatic heterocycles. The number of benzene rings is 3. The van der Waals surface area contributed by atoms with Crippen LogP contribution in [0.2, 0.25) is 0 Å². The number of hydrogen-bond donors (Lipinski definition) is 1. The monoisotopic (exact) mass is 396 g/mol. The van der Waals surface area contributed by atoms with Crippen LogP contribution in [0.25, 0.3) is 11.1 Å². The summed E-state index contributed by atoms with van der Waals surface area (Å²) in [6.07, 6.45) is 2.52. The molecule has 0 fully saturated rings. The molecule has 1 aliphatic heterocycles. The molecule has 4 heteroatoms. The van der Waals surface area contributed by atoms with Gasteiger partial charge in [0.2, 0.25) is 0 Å². The highest BCUT2D eigenvalue weighted by atomic mass is 19.1. The van der Waals surface area contributed by atoms with Crippen LogP contribution in [0, 0.1) is 5.82 Å². The lowest BCUT2D eigenvalue weighted by Gasteiger charge is -2.39. The van der Waals surface area contributed by atoms with E-state index in [0.29, 0.717) is 13.0 Å². The van der Waals surface area contributed by atoms with Gasteiger partial charge in [-0.25, -0.2) is 4.39 Å². The van der Waals surface area contributed by atoms with Crippen molar-refractivity contribution in [1.29, 1.82) is 0 Å². The number of hydrogen-bond acceptors (Lipinski definition) is 2. The van der Waals surface area contributed by atoms with Crippen LogP contribution in [-0.4, -0.2) is 4.98 Å². The summed E-state index contributed by atoms with van der Waals surface area (Å²) in [6.45, 7) is 0.469. The van der Waals surface area contributed by atoms with Crippen LogP contribution in [-0.2, 0) is 13.0 Å². The number of pyridine rings is 1. The summed E-state index contributed by atoms with van der Waals surface area (Å²) in [5, 5.41) is 0. The summed E-state index contributed by atoms with van der Waals surface area (Å²) in [4.78, 5) is 17.9. The number of nitrogens with zero attached hydrogens (tertiary/aromatic N) is 1. The predicted octanol–water partition coefficient (Wildman–Crippen LogP) is 5.49. The molecular formula is C26H21FN2O. The van der Waals surface area contributed by atoms with Crippen molar-refractivity contribution in [3.05, 3.63) is 124 Å². The first-order valence-electron chi connectivity index (χ1n) is 10.1. The fraction of sp³-hybridized carbons (Fsp3) is 0.115. The van der Waals surface area contributed by atoms with Crippen LogP contribution < -0.4 is 10.5 Å². The Balaban J connectivity index is 1.67. The SMILES string of the molecule is O=c1[nH]cc(-c2ccccc2)c2c1CN(c1ccc(F)cc1)C(c1ccccc1)C2. The maximum absolute atomic E-state index is 13.5. The third kappa shape index (κ3) is 3.30. The molecular weight excluding hydrogens is 375 g/mol. The van der Waals surface area contributed by atoms with Gasteiger partial charge >= 0.3 is 0 Å². The number of nitrogens with one attached hydrogen (secondary N) is 1. The Hall–Kier alpha value is -3.66. The minimum atomic E-state index is -0.267. The molecule has 0 saturated heterocycles. The summed E-state index contributed by atoms with van der Waals surface area (Å²) in [5.74, 6) is -0.267. The molecule has 2 heterocycles. The third-order valence-electron chi connectivity index (χ3n) is 5.84. The van der Waals surface area contributed by atoms with E-state index < -0.39 is 0 Å². The number of aromatic amines is 1. The minimum absolute atomic E-state index is 0.0495. The van der Waals surface area contributed by atoms with Crippen molar-refractivity contribution in [2.45, 2.75) is 19.0 Å². The van der Waals surface area contributed by atoms with Crippen LogP contribution in [0.4, 0.5) is 10.1 Å². The summed E-state index contributed by atoms with van der Waals surface area (Å²) in [6, 6.07) is 27.0. The van der Waals surface area contributed by atoms with Crippen molar-refractivity contribution >= 4 is 5.69 Å². The second-order valence-electron chi connectivity index (χ2n) is 7.59. The maximum atomic E-state index is 13.5. The van der Waals surface area contributed by atoms with E-state index >= 15 is 0 Å². The van der Waals surface area contributed by atoms with Crippen LogP contribution >= 0.6 is 0 Å². The molecule has 0 bridgehead atoms. The Kier molecular flexibility index (Phi) is 4.68. The first kappa shape index (κ1) is 18.4. The lowest BCUT2D eigenvalue weighted by molar-refractivity contribution is 0.574. The quantitative estimate of drug-likeness (QED) is 0.497. The van der Waals surface area contributed by atoms with Gasteiger partial charge in [0.1, 0.15) is 5.82 Å². The molecule has 0 amide bonds. The molecule has 148 valence electrons. The predicted molar refractivity (Wildman–Crippen MR) is 118 cm³/mol. The van der Waals surface area contributed by atoms with E-state index in [4.69, 9.17) is 0 Å². The summed E-state index contributed by atoms with van der Waals surface area (Å²) < 4.78 is 13.5. The number of aromatic nitrogens is 1. The second kappa shape index (κ2) is 7.64. The number of rotatable bonds is 3. The largest absolute Gasteiger partial charge is 0.360 e. The average Bonchev–Trinajstić information content (AvgIpc) is 2.80. The zero-order chi connectivity index (χ0) is 20.5. The van der Waals surface area contributed by atoms with E-state index in [1.54, 1.807) is 12.1 Å². The Labute approximate surface area is 174 Å². The van der Waals surface area contributed by atoms with Crippen LogP contribution in [0.1, 0.15) is 22.7 Å². The van der Waals surface area contributed by atoms with E-state index in [1.165, 1.54) is 17.7 Å². The van der Waals surface area contributed by atoms with Crippen molar-refractivity contribution < 1.29 is 4.39 Å². The van der Waals surface area contributed by atoms with Crippen molar-refractivity contribution in [3.63, 3.8) is 0 Å². The van der Waals surface area contributed by atoms with Gasteiger partial charge < -0.3 is 9.88 Å². The Morgan fingerprint density at radius 1 is 0.833 bits per heavy atom. The fourth-order valence-corrected chi connectivity index (χ4v) is 4.35. The molecule has 0 radical (unpaired) electrons. The van der Waals surface area contributed by atoms with E-state index in [1.807, 2.05) is 42.6 Å². The fourth-order valence-electron chi connectivity index (χ4n) is 4.35. The molecule has 0 spiro atoms. The zero-order valence-corrected chi connectivity index (χ0v) is 16.4. The molecule has 5 rings (SSSR count). The molecule has 30 heavy (non-hydrogen) atoms. The molecule has 1 aliphatic rings. The molecule has 3 aromatic carbocycles. The lowest BCUT2D eigenvalue weighted by Crippen LogP contribution is -2.38. The Morgan fingerprint density at radius 3 is 2.20 bits per heavy atom. The summed E-state index contributed by atoms with van der Waals surface area (Å²) in [5.41, 5.74) is 6.01. The van der Waals surface area contributed by atoms with Crippen LogP contribution in [0.5, 0.6) is 0 Å². The maximum Gasteiger partial charge on any atom is 0.253 e. The highest BCUT2D eigenvalue weighted by Crippen LogP contribution is 2.39. The van der Waals surface area contributed by atoms with Gasteiger partial charge in [-0.15, -0.1) is 0 Å². The summed E-state index contributed by atoms with van der Waals surface area (Å²) in [7, 11) is 0. The topological polar surface area (TPSA) is 36.1 Å². The minimum Gasteiger partial charge on any atom is -0.360 e. The van der Waals surface area contributed by atoms with Gasteiger partial charge in [0.05, 0.1) is 6.04 Å². The van der Waals surface area contributed by atoms with E-state index in [0.717, 1.165) is 27.9 Å². The highest BCUT2D eigenvalue weighted by Gasteiger charge is 2.31. The highest BCUT2D eigenvalue weighted by molar-refractivity contribution is 5.69. The lowest BCUT2D eigenvalue weighted by atomic mass is 9.86. The van der Waals surface area contributed by atoms with E-state index in [9.17, 15) is 9.18 Å². The smallest absolute Gasteiger partial charge is 0.253 e. The molecule has 1 unspecified atom stereocenters. The number of halogens is 1. The van der Waals surface area contributed by atoms with Gasteiger partial charge in [-0.2, -0.15) is 0 Å². The molecule has 1 N–H and O–H groups in total. The van der Waals surface area contributed by atoms with Gasteiger partial charge in [0.25, 0.3) is 5.56 Å². The molecule has 1 atom stereocenters. The zero-order valence-electron chi connectivity index (χ0n) is 16.4. The van der Waals surface area contributed by atoms with Crippen molar-refractivity contribution in [2.75, 3.05) is 4.90 Å². The molecule has 4 aromatic rings. The second-order valence-corrected chi connectivity index (χ2v) is 7.59. The van der Waals surface area contributed by atoms with Gasteiger partial charge in [0, 0.05) is 29.6 Å². The first-order chi connectivity index (χ1) is 14.7. The van der Waals surface area contributed by atoms with Crippen LogP contribution in [0.15, 0.2) is 95.9 Å². The summed E-state index contributed by atoms with van der Waals surface area (Å²) >= 11 is 0. The number of anilines is 1. The number of H-pyrrole nitrogens is 1. The molecule has 0 saturated carbocycles. The van der Waals surface area contributed by atoms with Crippen molar-refractivity contribution in [2.24, 2.45) is 0 Å². The standard InChI is InChI=1S/C26H21FN2O/c27-20-11-13-21(14-12-20)29-17-24-22(15-25(29)19-9-5-2-6-10-19)23(16-28-26(24)30)18-7-3-1-4-8-18/h1-14,16,25H,15,17H2,(H,28,30). The van der Waals surface area contributed by atoms with Gasteiger partial charge in [0.15, 0.2) is 0 Å². The van der Waals surface area contributed by atoms with Gasteiger partial charge in [-0.05, 0) is 47.4 Å². The van der Waals surface area contributed by atoms with Gasteiger partial charge in [-0.1, -0.05) is 60.7 Å². The Morgan fingerprint density at radius 2 is 1.50 bits per heavy atom. The molecule has 0 aliphatic carbocycles. The Bertz CT molecular complexity index is 1220. The number of fused-ring (bicyclic) bond motifs is 1. The normalized spacial score (nSPS) is 15.6. The third-order valence-corrected chi connectivity index (χ3v) is 5.84.